The van der Waals surface area contributed by atoms with Gasteiger partial charge in [-0.3, -0.25) is 24.0 Å². The second-order valence-corrected chi connectivity index (χ2v) is 7.27. The molecule has 8 heteroatoms. The molecule has 3 aromatic rings. The monoisotopic (exact) mass is 446 g/mol. The van der Waals surface area contributed by atoms with E-state index in [0.717, 1.165) is 5.56 Å². The van der Waals surface area contributed by atoms with Gasteiger partial charge >= 0.3 is 11.9 Å². The summed E-state index contributed by atoms with van der Waals surface area (Å²) in [5.74, 6) is -3.61. The highest BCUT2D eigenvalue weighted by Gasteiger charge is 2.34. The maximum atomic E-state index is 12.6. The third-order valence-electron chi connectivity index (χ3n) is 4.99. The Bertz CT molecular complexity index is 1200. The first kappa shape index (κ1) is 21.9. The van der Waals surface area contributed by atoms with Crippen molar-refractivity contribution >= 4 is 29.3 Å². The molecule has 0 N–H and O–H groups in total. The van der Waals surface area contributed by atoms with Gasteiger partial charge in [-0.15, -0.1) is 0 Å². The van der Waals surface area contributed by atoms with Crippen LogP contribution >= 0.6 is 0 Å². The molecule has 0 atom stereocenters. The number of furan rings is 1. The zero-order valence-corrected chi connectivity index (χ0v) is 17.4. The number of carbonyl (C=O) groups is 5. The van der Waals surface area contributed by atoms with E-state index < -0.39 is 35.7 Å². The number of benzene rings is 2. The Balaban J connectivity index is 1.28. The lowest BCUT2D eigenvalue weighted by atomic mass is 9.88. The van der Waals surface area contributed by atoms with E-state index >= 15 is 0 Å². The van der Waals surface area contributed by atoms with Crippen LogP contribution in [0.4, 0.5) is 0 Å². The molecule has 33 heavy (non-hydrogen) atoms. The second kappa shape index (κ2) is 9.44. The first-order valence-corrected chi connectivity index (χ1v) is 10.1. The Morgan fingerprint density at radius 3 is 2.15 bits per heavy atom. The van der Waals surface area contributed by atoms with Crippen LogP contribution in [0.3, 0.4) is 0 Å². The lowest BCUT2D eigenvalue weighted by Crippen LogP contribution is -2.18. The maximum Gasteiger partial charge on any atom is 0.313 e. The van der Waals surface area contributed by atoms with E-state index in [1.807, 2.05) is 30.3 Å². The third kappa shape index (κ3) is 4.79. The van der Waals surface area contributed by atoms with Crippen molar-refractivity contribution in [2.24, 2.45) is 0 Å². The summed E-state index contributed by atoms with van der Waals surface area (Å²) in [7, 11) is 0. The predicted molar refractivity (Wildman–Crippen MR) is 113 cm³/mol. The highest BCUT2D eigenvalue weighted by molar-refractivity contribution is 6.28. The van der Waals surface area contributed by atoms with Crippen LogP contribution in [0, 0.1) is 0 Å². The van der Waals surface area contributed by atoms with Crippen LogP contribution in [0.1, 0.15) is 61.0 Å². The van der Waals surface area contributed by atoms with E-state index in [2.05, 4.69) is 0 Å². The van der Waals surface area contributed by atoms with Gasteiger partial charge in [-0.1, -0.05) is 54.6 Å². The molecule has 0 aliphatic heterocycles. The molecular weight excluding hydrogens is 428 g/mol. The van der Waals surface area contributed by atoms with Crippen molar-refractivity contribution in [1.82, 2.24) is 0 Å². The summed E-state index contributed by atoms with van der Waals surface area (Å²) in [5, 5.41) is 0. The first-order chi connectivity index (χ1) is 15.9. The Hall–Kier alpha value is -4.33. The van der Waals surface area contributed by atoms with Crippen LogP contribution in [-0.2, 0) is 25.7 Å². The predicted octanol–water partition coefficient (Wildman–Crippen LogP) is 3.30. The summed E-state index contributed by atoms with van der Waals surface area (Å²) in [6, 6.07) is 16.6. The number of hydrogen-bond donors (Lipinski definition) is 0. The van der Waals surface area contributed by atoms with E-state index in [9.17, 15) is 24.0 Å². The minimum Gasteiger partial charge on any atom is -0.465 e. The van der Waals surface area contributed by atoms with Crippen LogP contribution < -0.4 is 0 Å². The van der Waals surface area contributed by atoms with Gasteiger partial charge in [-0.05, 0) is 11.6 Å². The summed E-state index contributed by atoms with van der Waals surface area (Å²) >= 11 is 0. The zero-order valence-electron chi connectivity index (χ0n) is 17.4. The SMILES string of the molecule is O=C(CCOC(=O)CC(=O)c1cc2c(o1)C(=O)c1ccccc1C2=O)OCc1ccccc1. The standard InChI is InChI=1S/C25H18O8/c26-19(13-22(28)31-11-10-21(27)32-14-15-6-2-1-3-7-15)20-12-18-23(29)16-8-4-5-9-17(16)24(30)25(18)33-20/h1-9,12H,10-11,13-14H2. The molecule has 0 spiro atoms. The van der Waals surface area contributed by atoms with Crippen molar-refractivity contribution in [3.05, 3.63) is 94.4 Å². The molecule has 0 saturated heterocycles. The van der Waals surface area contributed by atoms with Crippen molar-refractivity contribution in [2.45, 2.75) is 19.4 Å². The molecule has 0 unspecified atom stereocenters. The fraction of sp³-hybridized carbons (Fsp3) is 0.160. The highest BCUT2D eigenvalue weighted by Crippen LogP contribution is 2.30. The molecule has 0 bridgehead atoms. The number of esters is 2. The molecule has 0 amide bonds. The van der Waals surface area contributed by atoms with Gasteiger partial charge in [0, 0.05) is 11.1 Å². The van der Waals surface area contributed by atoms with Gasteiger partial charge in [0.1, 0.15) is 19.6 Å². The number of ether oxygens (including phenoxy) is 2. The Morgan fingerprint density at radius 1 is 0.758 bits per heavy atom. The lowest BCUT2D eigenvalue weighted by molar-refractivity contribution is -0.149. The van der Waals surface area contributed by atoms with Crippen LogP contribution in [0.5, 0.6) is 0 Å². The number of fused-ring (bicyclic) bond motifs is 2. The number of rotatable bonds is 8. The summed E-state index contributed by atoms with van der Waals surface area (Å²) in [4.78, 5) is 61.3. The molecule has 0 fully saturated rings. The first-order valence-electron chi connectivity index (χ1n) is 10.1. The van der Waals surface area contributed by atoms with Crippen LogP contribution in [0.15, 0.2) is 65.1 Å². The van der Waals surface area contributed by atoms with E-state index in [1.165, 1.54) is 18.2 Å². The molecular formula is C25H18O8. The van der Waals surface area contributed by atoms with E-state index in [4.69, 9.17) is 13.9 Å². The number of hydrogen-bond acceptors (Lipinski definition) is 8. The minimum absolute atomic E-state index is 0.0171. The second-order valence-electron chi connectivity index (χ2n) is 7.27. The largest absolute Gasteiger partial charge is 0.465 e. The molecule has 1 heterocycles. The molecule has 1 aromatic heterocycles. The Morgan fingerprint density at radius 2 is 1.42 bits per heavy atom. The summed E-state index contributed by atoms with van der Waals surface area (Å²) in [5.41, 5.74) is 1.24. The number of Topliss-reactive ketones (excluding diaryl/α,β-unsaturated/α-hetero) is 1. The van der Waals surface area contributed by atoms with E-state index in [1.54, 1.807) is 12.1 Å². The van der Waals surface area contributed by atoms with Crippen molar-refractivity contribution in [3.63, 3.8) is 0 Å². The third-order valence-corrected chi connectivity index (χ3v) is 4.99. The highest BCUT2D eigenvalue weighted by atomic mass is 16.5. The quantitative estimate of drug-likeness (QED) is 0.230. The van der Waals surface area contributed by atoms with Crippen molar-refractivity contribution < 1.29 is 37.9 Å². The van der Waals surface area contributed by atoms with Gasteiger partial charge in [-0.25, -0.2) is 0 Å². The normalized spacial score (nSPS) is 12.0. The van der Waals surface area contributed by atoms with Crippen molar-refractivity contribution in [2.75, 3.05) is 6.61 Å². The fourth-order valence-corrected chi connectivity index (χ4v) is 3.34. The van der Waals surface area contributed by atoms with Gasteiger partial charge in [0.05, 0.1) is 12.0 Å². The lowest BCUT2D eigenvalue weighted by Gasteiger charge is -2.11. The molecule has 1 aliphatic carbocycles. The van der Waals surface area contributed by atoms with Gasteiger partial charge in [0.25, 0.3) is 0 Å². The smallest absolute Gasteiger partial charge is 0.313 e. The summed E-state index contributed by atoms with van der Waals surface area (Å²) in [6.45, 7) is -0.142. The van der Waals surface area contributed by atoms with Crippen LogP contribution in [-0.4, -0.2) is 35.9 Å². The summed E-state index contributed by atoms with van der Waals surface area (Å²) < 4.78 is 15.3. The fourth-order valence-electron chi connectivity index (χ4n) is 3.34. The number of carbonyl (C=O) groups excluding carboxylic acids is 5. The maximum absolute atomic E-state index is 12.6. The molecule has 0 saturated carbocycles. The van der Waals surface area contributed by atoms with Gasteiger partial charge < -0.3 is 13.9 Å². The average molecular weight is 446 g/mol. The zero-order chi connectivity index (χ0) is 23.4. The van der Waals surface area contributed by atoms with E-state index in [-0.39, 0.29) is 47.8 Å². The minimum atomic E-state index is -0.869. The molecule has 8 nitrogen and oxygen atoms in total. The Kier molecular flexibility index (Phi) is 6.26. The van der Waals surface area contributed by atoms with Crippen LogP contribution in [0.25, 0.3) is 0 Å². The average Bonchev–Trinajstić information content (AvgIpc) is 3.28. The topological polar surface area (TPSA) is 117 Å². The number of ketones is 3. The van der Waals surface area contributed by atoms with Crippen molar-refractivity contribution in [3.8, 4) is 0 Å². The van der Waals surface area contributed by atoms with Gasteiger partial charge in [-0.2, -0.15) is 0 Å². The molecule has 0 radical (unpaired) electrons. The van der Waals surface area contributed by atoms with E-state index in [0.29, 0.717) is 0 Å². The summed E-state index contributed by atoms with van der Waals surface area (Å²) in [6.07, 6.45) is -0.830. The van der Waals surface area contributed by atoms with Crippen molar-refractivity contribution in [1.29, 1.82) is 0 Å². The molecule has 4 rings (SSSR count). The Labute approximate surface area is 188 Å². The van der Waals surface area contributed by atoms with Crippen LogP contribution in [0.2, 0.25) is 0 Å². The molecule has 2 aromatic carbocycles. The van der Waals surface area contributed by atoms with Gasteiger partial charge in [0.2, 0.25) is 11.6 Å². The molecule has 1 aliphatic rings. The molecule has 166 valence electrons. The van der Waals surface area contributed by atoms with Gasteiger partial charge in [0.15, 0.2) is 17.3 Å².